The number of nitrogens with one attached hydrogen (secondary N) is 2. The van der Waals surface area contributed by atoms with Gasteiger partial charge in [0.05, 0.1) is 18.9 Å². The van der Waals surface area contributed by atoms with E-state index in [4.69, 9.17) is 27.9 Å². The monoisotopic (exact) mass is 358 g/mol. The smallest absolute Gasteiger partial charge is 0.313 e. The van der Waals surface area contributed by atoms with Gasteiger partial charge in [-0.15, -0.1) is 0 Å². The molecule has 0 aliphatic carbocycles. The molecule has 1 amide bonds. The van der Waals surface area contributed by atoms with E-state index < -0.39 is 5.41 Å². The number of halogens is 2. The summed E-state index contributed by atoms with van der Waals surface area (Å²) in [6.07, 6.45) is 1.34. The van der Waals surface area contributed by atoms with E-state index in [1.54, 1.807) is 18.2 Å². The van der Waals surface area contributed by atoms with Gasteiger partial charge < -0.3 is 15.4 Å². The molecule has 7 heteroatoms. The summed E-state index contributed by atoms with van der Waals surface area (Å²) in [5.41, 5.74) is -0.0781. The van der Waals surface area contributed by atoms with Gasteiger partial charge in [0.15, 0.2) is 0 Å². The van der Waals surface area contributed by atoms with Gasteiger partial charge >= 0.3 is 5.97 Å². The molecule has 0 saturated carbocycles. The zero-order valence-electron chi connectivity index (χ0n) is 13.0. The van der Waals surface area contributed by atoms with E-state index in [1.807, 2.05) is 0 Å². The van der Waals surface area contributed by atoms with E-state index in [9.17, 15) is 9.59 Å². The molecule has 0 bridgehead atoms. The van der Waals surface area contributed by atoms with E-state index in [0.29, 0.717) is 28.5 Å². The number of amides is 1. The second-order valence-corrected chi connectivity index (χ2v) is 6.49. The van der Waals surface area contributed by atoms with Crippen molar-refractivity contribution in [1.82, 2.24) is 10.6 Å². The molecule has 23 heavy (non-hydrogen) atoms. The molecule has 0 radical (unpaired) electrons. The predicted octanol–water partition coefficient (Wildman–Crippen LogP) is 2.19. The standard InChI is InChI=1S/C16H20Cl2N2O3/c1-23-15(22)16(5-7-19-8-6-16)10-20-14(21)9-11-12(17)3-2-4-13(11)18/h2-4,19H,5-10H2,1H3,(H,20,21). The van der Waals surface area contributed by atoms with E-state index in [2.05, 4.69) is 10.6 Å². The van der Waals surface area contributed by atoms with Gasteiger partial charge in [0.2, 0.25) is 5.91 Å². The third-order valence-corrected chi connectivity index (χ3v) is 4.91. The number of methoxy groups -OCH3 is 1. The highest BCUT2D eigenvalue weighted by Crippen LogP contribution is 2.30. The summed E-state index contributed by atoms with van der Waals surface area (Å²) in [5, 5.41) is 6.94. The van der Waals surface area contributed by atoms with Crippen LogP contribution in [0.25, 0.3) is 0 Å². The van der Waals surface area contributed by atoms with Gasteiger partial charge in [-0.3, -0.25) is 9.59 Å². The first kappa shape index (κ1) is 18.0. The van der Waals surface area contributed by atoms with E-state index in [-0.39, 0.29) is 24.8 Å². The molecule has 1 aromatic carbocycles. The molecule has 0 spiro atoms. The molecule has 1 saturated heterocycles. The summed E-state index contributed by atoms with van der Waals surface area (Å²) in [6.45, 7) is 1.70. The number of esters is 1. The zero-order valence-corrected chi connectivity index (χ0v) is 14.5. The van der Waals surface area contributed by atoms with Crippen LogP contribution in [0.2, 0.25) is 10.0 Å². The Morgan fingerprint density at radius 3 is 2.43 bits per heavy atom. The van der Waals surface area contributed by atoms with Crippen molar-refractivity contribution in [3.05, 3.63) is 33.8 Å². The molecule has 0 aromatic heterocycles. The normalized spacial score (nSPS) is 16.7. The number of ether oxygens (including phenoxy) is 1. The van der Waals surface area contributed by atoms with E-state index in [1.165, 1.54) is 7.11 Å². The van der Waals surface area contributed by atoms with E-state index in [0.717, 1.165) is 13.1 Å². The van der Waals surface area contributed by atoms with Gasteiger partial charge in [-0.2, -0.15) is 0 Å². The van der Waals surface area contributed by atoms with Crippen LogP contribution in [0.15, 0.2) is 18.2 Å². The average molecular weight is 359 g/mol. The summed E-state index contributed by atoms with van der Waals surface area (Å²) in [5.74, 6) is -0.503. The lowest BCUT2D eigenvalue weighted by atomic mass is 9.79. The molecular weight excluding hydrogens is 339 g/mol. The van der Waals surface area contributed by atoms with Crippen LogP contribution in [-0.2, 0) is 20.7 Å². The minimum Gasteiger partial charge on any atom is -0.469 e. The fourth-order valence-electron chi connectivity index (χ4n) is 2.77. The van der Waals surface area contributed by atoms with Gasteiger partial charge in [0.25, 0.3) is 0 Å². The molecule has 126 valence electrons. The zero-order chi connectivity index (χ0) is 16.9. The van der Waals surface area contributed by atoms with Crippen LogP contribution in [0.5, 0.6) is 0 Å². The van der Waals surface area contributed by atoms with Gasteiger partial charge in [0.1, 0.15) is 0 Å². The third kappa shape index (κ3) is 4.37. The first-order valence-corrected chi connectivity index (χ1v) is 8.23. The fraction of sp³-hybridized carbons (Fsp3) is 0.500. The third-order valence-electron chi connectivity index (χ3n) is 4.20. The van der Waals surface area contributed by atoms with Crippen LogP contribution in [0.1, 0.15) is 18.4 Å². The summed E-state index contributed by atoms with van der Waals surface area (Å²) < 4.78 is 4.92. The number of benzene rings is 1. The van der Waals surface area contributed by atoms with Crippen LogP contribution in [0, 0.1) is 5.41 Å². The molecule has 2 N–H and O–H groups in total. The largest absolute Gasteiger partial charge is 0.469 e. The second kappa shape index (κ2) is 7.99. The van der Waals surface area contributed by atoms with Crippen molar-refractivity contribution in [2.24, 2.45) is 5.41 Å². The summed E-state index contributed by atoms with van der Waals surface area (Å²) in [4.78, 5) is 24.3. The first-order chi connectivity index (χ1) is 11.0. The maximum Gasteiger partial charge on any atom is 0.313 e. The van der Waals surface area contributed by atoms with Gasteiger partial charge in [-0.25, -0.2) is 0 Å². The Bertz CT molecular complexity index is 566. The predicted molar refractivity (Wildman–Crippen MR) is 89.7 cm³/mol. The highest BCUT2D eigenvalue weighted by atomic mass is 35.5. The average Bonchev–Trinajstić information content (AvgIpc) is 2.56. The number of rotatable bonds is 5. The molecule has 1 aliphatic rings. The van der Waals surface area contributed by atoms with Crippen molar-refractivity contribution in [1.29, 1.82) is 0 Å². The molecule has 5 nitrogen and oxygen atoms in total. The van der Waals surface area contributed by atoms with Crippen LogP contribution in [0.3, 0.4) is 0 Å². The maximum atomic E-state index is 12.2. The fourth-order valence-corrected chi connectivity index (χ4v) is 3.30. The molecule has 1 heterocycles. The van der Waals surface area contributed by atoms with Crippen molar-refractivity contribution in [3.63, 3.8) is 0 Å². The number of hydrogen-bond donors (Lipinski definition) is 2. The Labute approximate surface area is 145 Å². The van der Waals surface area contributed by atoms with Crippen molar-refractivity contribution < 1.29 is 14.3 Å². The molecule has 0 unspecified atom stereocenters. The lowest BCUT2D eigenvalue weighted by Crippen LogP contribution is -2.50. The molecule has 1 aromatic rings. The van der Waals surface area contributed by atoms with Crippen LogP contribution >= 0.6 is 23.2 Å². The van der Waals surface area contributed by atoms with Crippen molar-refractivity contribution in [2.75, 3.05) is 26.7 Å². The number of carbonyl (C=O) groups is 2. The topological polar surface area (TPSA) is 67.4 Å². The molecular formula is C16H20Cl2N2O3. The quantitative estimate of drug-likeness (QED) is 0.791. The van der Waals surface area contributed by atoms with Gasteiger partial charge in [0, 0.05) is 16.6 Å². The van der Waals surface area contributed by atoms with Crippen molar-refractivity contribution >= 4 is 35.1 Å². The highest BCUT2D eigenvalue weighted by molar-refractivity contribution is 6.36. The first-order valence-electron chi connectivity index (χ1n) is 7.47. The Kier molecular flexibility index (Phi) is 6.27. The van der Waals surface area contributed by atoms with Crippen molar-refractivity contribution in [3.8, 4) is 0 Å². The lowest BCUT2D eigenvalue weighted by Gasteiger charge is -2.34. The van der Waals surface area contributed by atoms with Crippen LogP contribution < -0.4 is 10.6 Å². The Hall–Kier alpha value is -1.30. The molecule has 2 rings (SSSR count). The molecule has 1 aliphatic heterocycles. The number of piperidine rings is 1. The molecule has 1 fully saturated rings. The van der Waals surface area contributed by atoms with Crippen LogP contribution in [-0.4, -0.2) is 38.6 Å². The van der Waals surface area contributed by atoms with E-state index >= 15 is 0 Å². The van der Waals surface area contributed by atoms with Gasteiger partial charge in [-0.1, -0.05) is 29.3 Å². The highest BCUT2D eigenvalue weighted by Gasteiger charge is 2.40. The summed E-state index contributed by atoms with van der Waals surface area (Å²) in [6, 6.07) is 5.12. The van der Waals surface area contributed by atoms with Gasteiger partial charge in [-0.05, 0) is 43.6 Å². The maximum absolute atomic E-state index is 12.2. The lowest BCUT2D eigenvalue weighted by molar-refractivity contribution is -0.154. The molecule has 0 atom stereocenters. The minimum atomic E-state index is -0.667. The Balaban J connectivity index is 2.00. The number of hydrogen-bond acceptors (Lipinski definition) is 4. The van der Waals surface area contributed by atoms with Crippen LogP contribution in [0.4, 0.5) is 0 Å². The Morgan fingerprint density at radius 2 is 1.87 bits per heavy atom. The second-order valence-electron chi connectivity index (χ2n) is 5.68. The SMILES string of the molecule is COC(=O)C1(CNC(=O)Cc2c(Cl)cccc2Cl)CCNCC1. The Morgan fingerprint density at radius 1 is 1.26 bits per heavy atom. The number of carbonyl (C=O) groups excluding carboxylic acids is 2. The summed E-state index contributed by atoms with van der Waals surface area (Å²) in [7, 11) is 1.37. The minimum absolute atomic E-state index is 0.0774. The summed E-state index contributed by atoms with van der Waals surface area (Å²) >= 11 is 12.2. The van der Waals surface area contributed by atoms with Crippen molar-refractivity contribution in [2.45, 2.75) is 19.3 Å².